The van der Waals surface area contributed by atoms with Gasteiger partial charge in [0.25, 0.3) is 0 Å². The lowest BCUT2D eigenvalue weighted by Gasteiger charge is -2.28. The van der Waals surface area contributed by atoms with Crippen LogP contribution in [0, 0.1) is 0 Å². The molecule has 0 N–H and O–H groups in total. The van der Waals surface area contributed by atoms with Crippen LogP contribution in [0.25, 0.3) is 0 Å². The van der Waals surface area contributed by atoms with Crippen molar-refractivity contribution in [2.45, 2.75) is 64.9 Å². The minimum absolute atomic E-state index is 0.0137. The standard InChI is InChI=1S/C12H27BO2/c1-11(2,14-6)8-10-15-12(3,4)7-9-13-5/h13H,7-10H2,1-6H3. The second kappa shape index (κ2) is 6.54. The summed E-state index contributed by atoms with van der Waals surface area (Å²) >= 11 is 0. The third-order valence-corrected chi connectivity index (χ3v) is 2.88. The molecule has 0 unspecified atom stereocenters. The van der Waals surface area contributed by atoms with Crippen molar-refractivity contribution in [2.75, 3.05) is 13.7 Å². The molecular weight excluding hydrogens is 187 g/mol. The Morgan fingerprint density at radius 2 is 1.60 bits per heavy atom. The third-order valence-electron chi connectivity index (χ3n) is 2.88. The average molecular weight is 214 g/mol. The molecule has 0 aromatic carbocycles. The van der Waals surface area contributed by atoms with Crippen LogP contribution in [0.5, 0.6) is 0 Å². The topological polar surface area (TPSA) is 18.5 Å². The van der Waals surface area contributed by atoms with Gasteiger partial charge in [0.15, 0.2) is 0 Å². The smallest absolute Gasteiger partial charge is 0.117 e. The minimum atomic E-state index is -0.0686. The van der Waals surface area contributed by atoms with Gasteiger partial charge in [-0.3, -0.25) is 0 Å². The quantitative estimate of drug-likeness (QED) is 0.578. The Morgan fingerprint density at radius 1 is 1.00 bits per heavy atom. The fourth-order valence-corrected chi connectivity index (χ4v) is 1.35. The average Bonchev–Trinajstić information content (AvgIpc) is 2.14. The molecular formula is C12H27BO2. The number of methoxy groups -OCH3 is 1. The van der Waals surface area contributed by atoms with Crippen molar-refractivity contribution in [1.29, 1.82) is 0 Å². The van der Waals surface area contributed by atoms with Gasteiger partial charge in [-0.15, -0.1) is 0 Å². The monoisotopic (exact) mass is 214 g/mol. The SMILES string of the molecule is CBCCC(C)(C)OCCC(C)(C)OC. The van der Waals surface area contributed by atoms with Crippen LogP contribution in [0.2, 0.25) is 13.1 Å². The molecule has 0 aromatic rings. The van der Waals surface area contributed by atoms with Crippen molar-refractivity contribution in [2.24, 2.45) is 0 Å². The van der Waals surface area contributed by atoms with Crippen LogP contribution in [0.3, 0.4) is 0 Å². The Balaban J connectivity index is 3.74. The van der Waals surface area contributed by atoms with Crippen molar-refractivity contribution >= 4 is 7.28 Å². The Bertz CT molecular complexity index is 167. The zero-order valence-corrected chi connectivity index (χ0v) is 11.4. The molecule has 0 atom stereocenters. The van der Waals surface area contributed by atoms with Crippen LogP contribution in [0.1, 0.15) is 40.5 Å². The van der Waals surface area contributed by atoms with Crippen LogP contribution in [-0.2, 0) is 9.47 Å². The summed E-state index contributed by atoms with van der Waals surface area (Å²) < 4.78 is 11.2. The highest BCUT2D eigenvalue weighted by molar-refractivity contribution is 6.33. The van der Waals surface area contributed by atoms with Crippen molar-refractivity contribution in [3.05, 3.63) is 0 Å². The Hall–Kier alpha value is -0.0151. The molecule has 0 aliphatic rings. The van der Waals surface area contributed by atoms with E-state index in [-0.39, 0.29) is 11.2 Å². The van der Waals surface area contributed by atoms with Gasteiger partial charge in [0.05, 0.1) is 17.8 Å². The summed E-state index contributed by atoms with van der Waals surface area (Å²) in [6.07, 6.45) is 3.32. The van der Waals surface area contributed by atoms with Crippen molar-refractivity contribution in [3.8, 4) is 0 Å². The highest BCUT2D eigenvalue weighted by Crippen LogP contribution is 2.20. The predicted molar refractivity (Wildman–Crippen MR) is 68.2 cm³/mol. The normalized spacial score (nSPS) is 12.9. The molecule has 0 spiro atoms. The van der Waals surface area contributed by atoms with Crippen LogP contribution in [0.15, 0.2) is 0 Å². The predicted octanol–water partition coefficient (Wildman–Crippen LogP) is 2.89. The molecule has 0 aromatic heterocycles. The van der Waals surface area contributed by atoms with E-state index in [4.69, 9.17) is 9.47 Å². The van der Waals surface area contributed by atoms with Gasteiger partial charge in [-0.2, -0.15) is 0 Å². The van der Waals surface area contributed by atoms with Gasteiger partial charge in [-0.05, 0) is 40.5 Å². The molecule has 0 heterocycles. The van der Waals surface area contributed by atoms with E-state index in [1.807, 2.05) is 0 Å². The van der Waals surface area contributed by atoms with Gasteiger partial charge in [0.2, 0.25) is 0 Å². The van der Waals surface area contributed by atoms with Gasteiger partial charge in [0.1, 0.15) is 7.28 Å². The number of hydrogen-bond acceptors (Lipinski definition) is 2. The van der Waals surface area contributed by atoms with Crippen LogP contribution in [0.4, 0.5) is 0 Å². The summed E-state index contributed by atoms with van der Waals surface area (Å²) in [6, 6.07) is 0. The summed E-state index contributed by atoms with van der Waals surface area (Å²) in [5, 5.41) is 0. The molecule has 0 amide bonds. The maximum atomic E-state index is 5.89. The first-order chi connectivity index (χ1) is 6.83. The summed E-state index contributed by atoms with van der Waals surface area (Å²) in [6.45, 7) is 11.5. The van der Waals surface area contributed by atoms with E-state index < -0.39 is 0 Å². The van der Waals surface area contributed by atoms with E-state index in [0.717, 1.165) is 19.4 Å². The van der Waals surface area contributed by atoms with Gasteiger partial charge in [0, 0.05) is 7.11 Å². The van der Waals surface area contributed by atoms with Gasteiger partial charge in [-0.25, -0.2) is 0 Å². The van der Waals surface area contributed by atoms with Crippen LogP contribution in [-0.4, -0.2) is 32.2 Å². The van der Waals surface area contributed by atoms with Crippen LogP contribution < -0.4 is 0 Å². The highest BCUT2D eigenvalue weighted by Gasteiger charge is 2.21. The summed E-state index contributed by atoms with van der Waals surface area (Å²) in [7, 11) is 2.98. The lowest BCUT2D eigenvalue weighted by atomic mass is 9.74. The summed E-state index contributed by atoms with van der Waals surface area (Å²) in [5.74, 6) is 0. The number of hydrogen-bond donors (Lipinski definition) is 0. The lowest BCUT2D eigenvalue weighted by Crippen LogP contribution is -2.30. The zero-order chi connectivity index (χ0) is 11.9. The Morgan fingerprint density at radius 3 is 2.07 bits per heavy atom. The van der Waals surface area contributed by atoms with E-state index in [2.05, 4.69) is 34.5 Å². The Kier molecular flexibility index (Phi) is 6.54. The maximum absolute atomic E-state index is 5.89. The molecule has 0 aliphatic carbocycles. The van der Waals surface area contributed by atoms with E-state index in [1.165, 1.54) is 13.6 Å². The largest absolute Gasteiger partial charge is 0.379 e. The molecule has 2 nitrogen and oxygen atoms in total. The molecule has 3 heteroatoms. The summed E-state index contributed by atoms with van der Waals surface area (Å²) in [4.78, 5) is 0. The molecule has 0 saturated carbocycles. The van der Waals surface area contributed by atoms with E-state index in [0.29, 0.717) is 0 Å². The molecule has 90 valence electrons. The molecule has 0 fully saturated rings. The zero-order valence-electron chi connectivity index (χ0n) is 11.4. The third kappa shape index (κ3) is 7.86. The summed E-state index contributed by atoms with van der Waals surface area (Å²) in [5.41, 5.74) is -0.0549. The van der Waals surface area contributed by atoms with Crippen molar-refractivity contribution in [1.82, 2.24) is 0 Å². The fraction of sp³-hybridized carbons (Fsp3) is 1.00. The fourth-order valence-electron chi connectivity index (χ4n) is 1.35. The molecule has 0 rings (SSSR count). The lowest BCUT2D eigenvalue weighted by molar-refractivity contribution is -0.0591. The molecule has 0 radical (unpaired) electrons. The van der Waals surface area contributed by atoms with E-state index in [1.54, 1.807) is 7.11 Å². The van der Waals surface area contributed by atoms with Gasteiger partial charge >= 0.3 is 0 Å². The highest BCUT2D eigenvalue weighted by atomic mass is 16.5. The molecule has 0 saturated heterocycles. The van der Waals surface area contributed by atoms with E-state index >= 15 is 0 Å². The number of rotatable bonds is 8. The molecule has 0 bridgehead atoms. The van der Waals surface area contributed by atoms with Crippen molar-refractivity contribution in [3.63, 3.8) is 0 Å². The minimum Gasteiger partial charge on any atom is -0.379 e. The maximum Gasteiger partial charge on any atom is 0.117 e. The number of ether oxygens (including phenoxy) is 2. The van der Waals surface area contributed by atoms with Gasteiger partial charge in [-0.1, -0.05) is 13.1 Å². The molecule has 15 heavy (non-hydrogen) atoms. The molecule has 0 aliphatic heterocycles. The first-order valence-corrected chi connectivity index (χ1v) is 6.02. The van der Waals surface area contributed by atoms with Crippen LogP contribution >= 0.6 is 0 Å². The van der Waals surface area contributed by atoms with E-state index in [9.17, 15) is 0 Å². The first kappa shape index (κ1) is 15.0. The van der Waals surface area contributed by atoms with Gasteiger partial charge < -0.3 is 9.47 Å². The Labute approximate surface area is 96.0 Å². The van der Waals surface area contributed by atoms with Crippen molar-refractivity contribution < 1.29 is 9.47 Å². The second-order valence-corrected chi connectivity index (χ2v) is 5.43. The first-order valence-electron chi connectivity index (χ1n) is 6.02. The second-order valence-electron chi connectivity index (χ2n) is 5.43.